The Kier molecular flexibility index (Phi) is 5.78. The van der Waals surface area contributed by atoms with Gasteiger partial charge in [0.15, 0.2) is 0 Å². The first-order valence-corrected chi connectivity index (χ1v) is 9.83. The van der Waals surface area contributed by atoms with Gasteiger partial charge in [0.05, 0.1) is 0 Å². The Bertz CT molecular complexity index is 791. The van der Waals surface area contributed by atoms with Crippen LogP contribution in [0.4, 0.5) is 0 Å². The number of nitrogens with zero attached hydrogens (tertiary/aromatic N) is 1. The number of hydrogen-bond donors (Lipinski definition) is 1. The van der Waals surface area contributed by atoms with E-state index in [0.717, 1.165) is 21.0 Å². The van der Waals surface area contributed by atoms with Gasteiger partial charge in [-0.15, -0.1) is 0 Å². The summed E-state index contributed by atoms with van der Waals surface area (Å²) < 4.78 is 1.13. The Morgan fingerprint density at radius 2 is 1.67 bits per heavy atom. The Morgan fingerprint density at radius 3 is 2.46 bits per heavy atom. The summed E-state index contributed by atoms with van der Waals surface area (Å²) in [5.74, 6) is -0.0359. The van der Waals surface area contributed by atoms with Gasteiger partial charge in [0.25, 0.3) is 0 Å². The molecule has 0 aliphatic rings. The molecule has 4 heteroatoms. The first kappa shape index (κ1) is 16.4. The van der Waals surface area contributed by atoms with Gasteiger partial charge in [-0.05, 0) is 0 Å². The predicted octanol–water partition coefficient (Wildman–Crippen LogP) is 2.54. The van der Waals surface area contributed by atoms with Gasteiger partial charge < -0.3 is 0 Å². The molecule has 0 aliphatic carbocycles. The second kappa shape index (κ2) is 8.44. The summed E-state index contributed by atoms with van der Waals surface area (Å²) in [6.07, 6.45) is 1.73. The zero-order valence-corrected chi connectivity index (χ0v) is 14.9. The molecule has 24 heavy (non-hydrogen) atoms. The summed E-state index contributed by atoms with van der Waals surface area (Å²) in [5, 5.41) is 3.95. The minimum atomic E-state index is -0.0359. The molecule has 3 rings (SSSR count). The zero-order chi connectivity index (χ0) is 16.6. The number of rotatable bonds is 6. The molecule has 1 N–H and O–H groups in total. The van der Waals surface area contributed by atoms with Crippen molar-refractivity contribution in [3.63, 3.8) is 0 Å². The maximum absolute atomic E-state index is 12.5. The summed E-state index contributed by atoms with van der Waals surface area (Å²) in [7, 11) is 0. The van der Waals surface area contributed by atoms with Gasteiger partial charge in [-0.25, -0.2) is 0 Å². The second-order valence-electron chi connectivity index (χ2n) is 5.27. The molecule has 0 aliphatic heterocycles. The van der Waals surface area contributed by atoms with E-state index in [-0.39, 0.29) is 20.9 Å². The van der Waals surface area contributed by atoms with Crippen LogP contribution in [0.1, 0.15) is 21.6 Å². The molecule has 0 bridgehead atoms. The minimum absolute atomic E-state index is 0.0359. The van der Waals surface area contributed by atoms with Crippen LogP contribution in [0.15, 0.2) is 79.0 Å². The molecular formula is C20H18N2OSe. The van der Waals surface area contributed by atoms with Crippen LogP contribution in [0.5, 0.6) is 0 Å². The summed E-state index contributed by atoms with van der Waals surface area (Å²) in [5.41, 5.74) is 2.93. The second-order valence-corrected chi connectivity index (χ2v) is 7.41. The third-order valence-electron chi connectivity index (χ3n) is 3.53. The van der Waals surface area contributed by atoms with Crippen molar-refractivity contribution in [3.8, 4) is 0 Å². The first-order chi connectivity index (χ1) is 11.8. The van der Waals surface area contributed by atoms with E-state index in [1.54, 1.807) is 6.20 Å². The number of hydrogen-bond acceptors (Lipinski definition) is 2. The molecule has 0 atom stereocenters. The van der Waals surface area contributed by atoms with Crippen molar-refractivity contribution in [1.29, 1.82) is 0 Å². The van der Waals surface area contributed by atoms with Crippen LogP contribution in [0.2, 0.25) is 0 Å². The number of amides is 1. The van der Waals surface area contributed by atoms with Gasteiger partial charge >= 0.3 is 148 Å². The summed E-state index contributed by atoms with van der Waals surface area (Å²) in [6, 6.07) is 24.0. The van der Waals surface area contributed by atoms with Crippen molar-refractivity contribution in [1.82, 2.24) is 10.3 Å². The van der Waals surface area contributed by atoms with Gasteiger partial charge in [0, 0.05) is 0 Å². The van der Waals surface area contributed by atoms with Crippen LogP contribution in [0.25, 0.3) is 0 Å². The molecule has 0 saturated heterocycles. The Balaban J connectivity index is 1.65. The van der Waals surface area contributed by atoms with Gasteiger partial charge in [-0.2, -0.15) is 0 Å². The summed E-state index contributed by atoms with van der Waals surface area (Å²) >= 11 is 0.223. The van der Waals surface area contributed by atoms with Crippen LogP contribution in [-0.4, -0.2) is 25.8 Å². The van der Waals surface area contributed by atoms with Crippen LogP contribution < -0.4 is 9.78 Å². The fourth-order valence-electron chi connectivity index (χ4n) is 2.28. The number of nitrogens with one attached hydrogen (secondary N) is 1. The number of aromatic nitrogens is 1. The molecule has 1 heterocycles. The molecule has 0 saturated carbocycles. The topological polar surface area (TPSA) is 42.0 Å². The quantitative estimate of drug-likeness (QED) is 0.667. The molecule has 0 unspecified atom stereocenters. The molecule has 3 aromatic rings. The molecule has 120 valence electrons. The monoisotopic (exact) mass is 382 g/mol. The van der Waals surface area contributed by atoms with Crippen molar-refractivity contribution >= 4 is 25.3 Å². The average molecular weight is 381 g/mol. The van der Waals surface area contributed by atoms with E-state index in [9.17, 15) is 4.79 Å². The Labute approximate surface area is 148 Å². The van der Waals surface area contributed by atoms with Crippen LogP contribution >= 0.6 is 0 Å². The summed E-state index contributed by atoms with van der Waals surface area (Å²) in [4.78, 5) is 16.8. The van der Waals surface area contributed by atoms with Gasteiger partial charge in [-0.1, -0.05) is 0 Å². The van der Waals surface area contributed by atoms with Crippen molar-refractivity contribution in [2.24, 2.45) is 0 Å². The van der Waals surface area contributed by atoms with Crippen molar-refractivity contribution in [2.45, 2.75) is 11.9 Å². The number of carbonyl (C=O) groups is 1. The van der Waals surface area contributed by atoms with E-state index < -0.39 is 0 Å². The summed E-state index contributed by atoms with van der Waals surface area (Å²) in [6.45, 7) is 0.444. The average Bonchev–Trinajstić information content (AvgIpc) is 2.66. The molecule has 2 aromatic carbocycles. The van der Waals surface area contributed by atoms with E-state index in [2.05, 4.69) is 40.6 Å². The maximum atomic E-state index is 12.5. The van der Waals surface area contributed by atoms with Crippen LogP contribution in [-0.2, 0) is 11.9 Å². The zero-order valence-electron chi connectivity index (χ0n) is 13.2. The third-order valence-corrected chi connectivity index (χ3v) is 5.93. The fraction of sp³-hybridized carbons (Fsp3) is 0.100. The molecule has 0 spiro atoms. The van der Waals surface area contributed by atoms with Gasteiger partial charge in [0.1, 0.15) is 0 Å². The number of carbonyl (C=O) groups excluding carboxylic acids is 1. The number of pyridine rings is 1. The Hall–Kier alpha value is -2.42. The van der Waals surface area contributed by atoms with Crippen LogP contribution in [0, 0.1) is 0 Å². The van der Waals surface area contributed by atoms with E-state index >= 15 is 0 Å². The molecular weight excluding hydrogens is 363 g/mol. The van der Waals surface area contributed by atoms with Gasteiger partial charge in [0.2, 0.25) is 0 Å². The fourth-order valence-corrected chi connectivity index (χ4v) is 4.39. The Morgan fingerprint density at radius 1 is 0.917 bits per heavy atom. The SMILES string of the molecule is O=C(NCc1ccccn1)c1ccccc1[Se]Cc1ccccc1. The molecule has 0 fully saturated rings. The third kappa shape index (κ3) is 4.54. The predicted molar refractivity (Wildman–Crippen MR) is 97.4 cm³/mol. The van der Waals surface area contributed by atoms with E-state index in [1.807, 2.05) is 42.5 Å². The van der Waals surface area contributed by atoms with Crippen molar-refractivity contribution < 1.29 is 4.79 Å². The molecule has 1 amide bonds. The van der Waals surface area contributed by atoms with Crippen molar-refractivity contribution in [2.75, 3.05) is 0 Å². The molecule has 1 aromatic heterocycles. The van der Waals surface area contributed by atoms with E-state index in [1.165, 1.54) is 5.56 Å². The van der Waals surface area contributed by atoms with E-state index in [4.69, 9.17) is 0 Å². The van der Waals surface area contributed by atoms with Crippen molar-refractivity contribution in [3.05, 3.63) is 95.8 Å². The molecule has 3 nitrogen and oxygen atoms in total. The standard InChI is InChI=1S/C20H18N2OSe/c23-20(22-14-17-10-6-7-13-21-17)18-11-4-5-12-19(18)24-15-16-8-2-1-3-9-16/h1-13H,14-15H2,(H,22,23). The molecule has 0 radical (unpaired) electrons. The normalized spacial score (nSPS) is 10.3. The number of benzene rings is 2. The van der Waals surface area contributed by atoms with E-state index in [0.29, 0.717) is 6.54 Å². The first-order valence-electron chi connectivity index (χ1n) is 7.77. The van der Waals surface area contributed by atoms with Crippen LogP contribution in [0.3, 0.4) is 0 Å². The van der Waals surface area contributed by atoms with Gasteiger partial charge in [-0.3, -0.25) is 0 Å².